The Kier molecular flexibility index (Phi) is 4.63. The van der Waals surface area contributed by atoms with Gasteiger partial charge in [0, 0.05) is 23.2 Å². The number of anilines is 1. The SMILES string of the molecule is Cc1cc(N[C@H](C)CCCl)ccc1C=O. The highest BCUT2D eigenvalue weighted by Gasteiger charge is 2.02. The molecule has 0 saturated carbocycles. The standard InChI is InChI=1S/C12H16ClNO/c1-9-7-12(4-3-11(9)8-15)14-10(2)5-6-13/h3-4,7-8,10,14H,5-6H2,1-2H3/t10-/m1/s1. The van der Waals surface area contributed by atoms with Crippen molar-refractivity contribution in [1.82, 2.24) is 0 Å². The van der Waals surface area contributed by atoms with Gasteiger partial charge in [-0.2, -0.15) is 0 Å². The van der Waals surface area contributed by atoms with Crippen LogP contribution in [0.3, 0.4) is 0 Å². The lowest BCUT2D eigenvalue weighted by atomic mass is 10.1. The van der Waals surface area contributed by atoms with Crippen LogP contribution in [0.5, 0.6) is 0 Å². The summed E-state index contributed by atoms with van der Waals surface area (Å²) in [6.07, 6.45) is 1.80. The molecule has 0 fully saturated rings. The zero-order valence-corrected chi connectivity index (χ0v) is 9.84. The van der Waals surface area contributed by atoms with Gasteiger partial charge >= 0.3 is 0 Å². The van der Waals surface area contributed by atoms with Gasteiger partial charge in [0.05, 0.1) is 0 Å². The Bertz CT molecular complexity index is 338. The molecule has 1 N–H and O–H groups in total. The number of halogens is 1. The molecule has 0 aliphatic rings. The fourth-order valence-corrected chi connectivity index (χ4v) is 1.75. The van der Waals surface area contributed by atoms with E-state index in [1.54, 1.807) is 0 Å². The van der Waals surface area contributed by atoms with Gasteiger partial charge in [0.2, 0.25) is 0 Å². The van der Waals surface area contributed by atoms with E-state index in [1.165, 1.54) is 0 Å². The lowest BCUT2D eigenvalue weighted by Crippen LogP contribution is -2.15. The molecule has 15 heavy (non-hydrogen) atoms. The molecule has 0 amide bonds. The average Bonchev–Trinajstić information content (AvgIpc) is 2.18. The molecule has 0 saturated heterocycles. The van der Waals surface area contributed by atoms with Gasteiger partial charge in [-0.3, -0.25) is 4.79 Å². The van der Waals surface area contributed by atoms with Crippen LogP contribution in [0.2, 0.25) is 0 Å². The van der Waals surface area contributed by atoms with Crippen LogP contribution in [0.1, 0.15) is 29.3 Å². The maximum atomic E-state index is 10.6. The summed E-state index contributed by atoms with van der Waals surface area (Å²) in [7, 11) is 0. The summed E-state index contributed by atoms with van der Waals surface area (Å²) in [4.78, 5) is 10.6. The van der Waals surface area contributed by atoms with Gasteiger partial charge in [0.25, 0.3) is 0 Å². The molecule has 2 nitrogen and oxygen atoms in total. The Labute approximate surface area is 95.6 Å². The van der Waals surface area contributed by atoms with Crippen molar-refractivity contribution in [3.05, 3.63) is 29.3 Å². The minimum atomic E-state index is 0.351. The molecule has 1 rings (SSSR count). The second-order valence-corrected chi connectivity index (χ2v) is 4.09. The van der Waals surface area contributed by atoms with Crippen molar-refractivity contribution in [1.29, 1.82) is 0 Å². The van der Waals surface area contributed by atoms with E-state index in [1.807, 2.05) is 25.1 Å². The third-order valence-electron chi connectivity index (χ3n) is 2.35. The van der Waals surface area contributed by atoms with E-state index in [4.69, 9.17) is 11.6 Å². The van der Waals surface area contributed by atoms with Crippen molar-refractivity contribution >= 4 is 23.6 Å². The minimum Gasteiger partial charge on any atom is -0.383 e. The number of hydrogen-bond donors (Lipinski definition) is 1. The largest absolute Gasteiger partial charge is 0.383 e. The van der Waals surface area contributed by atoms with Gasteiger partial charge in [-0.05, 0) is 44.0 Å². The summed E-state index contributed by atoms with van der Waals surface area (Å²) in [5, 5.41) is 3.33. The van der Waals surface area contributed by atoms with E-state index in [9.17, 15) is 4.79 Å². The van der Waals surface area contributed by atoms with Crippen LogP contribution in [-0.4, -0.2) is 18.2 Å². The predicted molar refractivity (Wildman–Crippen MR) is 65.0 cm³/mol. The average molecular weight is 226 g/mol. The van der Waals surface area contributed by atoms with E-state index in [0.29, 0.717) is 11.9 Å². The molecule has 0 aromatic heterocycles. The second kappa shape index (κ2) is 5.76. The second-order valence-electron chi connectivity index (χ2n) is 3.71. The van der Waals surface area contributed by atoms with Crippen LogP contribution in [0.15, 0.2) is 18.2 Å². The van der Waals surface area contributed by atoms with Crippen molar-refractivity contribution in [2.75, 3.05) is 11.2 Å². The highest BCUT2D eigenvalue weighted by molar-refractivity contribution is 6.17. The summed E-state index contributed by atoms with van der Waals surface area (Å²) >= 11 is 5.66. The number of nitrogens with one attached hydrogen (secondary N) is 1. The van der Waals surface area contributed by atoms with Gasteiger partial charge in [-0.25, -0.2) is 0 Å². The topological polar surface area (TPSA) is 29.1 Å². The zero-order valence-electron chi connectivity index (χ0n) is 9.09. The first kappa shape index (κ1) is 12.1. The van der Waals surface area contributed by atoms with Crippen LogP contribution >= 0.6 is 11.6 Å². The fraction of sp³-hybridized carbons (Fsp3) is 0.417. The Morgan fingerprint density at radius 1 is 1.53 bits per heavy atom. The highest BCUT2D eigenvalue weighted by atomic mass is 35.5. The number of aldehydes is 1. The van der Waals surface area contributed by atoms with Crippen LogP contribution in [-0.2, 0) is 0 Å². The summed E-state index contributed by atoms with van der Waals surface area (Å²) in [5.74, 6) is 0.652. The monoisotopic (exact) mass is 225 g/mol. The Morgan fingerprint density at radius 2 is 2.27 bits per heavy atom. The van der Waals surface area contributed by atoms with Crippen LogP contribution < -0.4 is 5.32 Å². The maximum Gasteiger partial charge on any atom is 0.150 e. The molecule has 3 heteroatoms. The number of alkyl halides is 1. The molecule has 0 radical (unpaired) electrons. The van der Waals surface area contributed by atoms with E-state index >= 15 is 0 Å². The van der Waals surface area contributed by atoms with E-state index < -0.39 is 0 Å². The van der Waals surface area contributed by atoms with Crippen molar-refractivity contribution in [3.8, 4) is 0 Å². The molecule has 82 valence electrons. The summed E-state index contributed by atoms with van der Waals surface area (Å²) in [5.41, 5.74) is 2.77. The van der Waals surface area contributed by atoms with Gasteiger partial charge in [0.15, 0.2) is 0 Å². The quantitative estimate of drug-likeness (QED) is 0.616. The van der Waals surface area contributed by atoms with Crippen molar-refractivity contribution in [3.63, 3.8) is 0 Å². The Hall–Kier alpha value is -1.02. The van der Waals surface area contributed by atoms with Crippen molar-refractivity contribution in [2.24, 2.45) is 0 Å². The summed E-state index contributed by atoms with van der Waals surface area (Å²) in [6.45, 7) is 4.02. The molecule has 1 atom stereocenters. The van der Waals surface area contributed by atoms with Crippen molar-refractivity contribution < 1.29 is 4.79 Å². The number of aryl methyl sites for hydroxylation is 1. The van der Waals surface area contributed by atoms with Crippen molar-refractivity contribution in [2.45, 2.75) is 26.3 Å². The molecule has 0 unspecified atom stereocenters. The van der Waals surface area contributed by atoms with Crippen LogP contribution in [0, 0.1) is 6.92 Å². The number of carbonyl (C=O) groups is 1. The normalized spacial score (nSPS) is 12.2. The van der Waals surface area contributed by atoms with Gasteiger partial charge in [0.1, 0.15) is 6.29 Å². The molecule has 0 heterocycles. The van der Waals surface area contributed by atoms with Crippen LogP contribution in [0.4, 0.5) is 5.69 Å². The van der Waals surface area contributed by atoms with Gasteiger partial charge in [-0.15, -0.1) is 11.6 Å². The smallest absolute Gasteiger partial charge is 0.150 e. The molecule has 0 aliphatic heterocycles. The fourth-order valence-electron chi connectivity index (χ4n) is 1.42. The first-order valence-corrected chi connectivity index (χ1v) is 5.59. The molecular formula is C12H16ClNO. The lowest BCUT2D eigenvalue weighted by Gasteiger charge is -2.14. The molecule has 0 bridgehead atoms. The zero-order chi connectivity index (χ0) is 11.3. The third kappa shape index (κ3) is 3.56. The first-order chi connectivity index (χ1) is 7.17. The number of hydrogen-bond acceptors (Lipinski definition) is 2. The predicted octanol–water partition coefficient (Wildman–Crippen LogP) is 3.24. The number of rotatable bonds is 5. The van der Waals surface area contributed by atoms with E-state index in [0.717, 1.165) is 29.5 Å². The molecule has 0 spiro atoms. The van der Waals surface area contributed by atoms with E-state index in [-0.39, 0.29) is 0 Å². The molecular weight excluding hydrogens is 210 g/mol. The third-order valence-corrected chi connectivity index (χ3v) is 2.57. The number of carbonyl (C=O) groups excluding carboxylic acids is 1. The maximum absolute atomic E-state index is 10.6. The Balaban J connectivity index is 2.70. The van der Waals surface area contributed by atoms with E-state index in [2.05, 4.69) is 12.2 Å². The molecule has 0 aliphatic carbocycles. The first-order valence-electron chi connectivity index (χ1n) is 5.05. The minimum absolute atomic E-state index is 0.351. The molecule has 1 aromatic rings. The van der Waals surface area contributed by atoms with Gasteiger partial charge < -0.3 is 5.32 Å². The lowest BCUT2D eigenvalue weighted by molar-refractivity contribution is 0.112. The molecule has 1 aromatic carbocycles. The summed E-state index contributed by atoms with van der Waals surface area (Å²) in [6, 6.07) is 6.08. The summed E-state index contributed by atoms with van der Waals surface area (Å²) < 4.78 is 0. The number of benzene rings is 1. The van der Waals surface area contributed by atoms with Gasteiger partial charge in [-0.1, -0.05) is 0 Å². The highest BCUT2D eigenvalue weighted by Crippen LogP contribution is 2.15. The Morgan fingerprint density at radius 3 is 2.80 bits per heavy atom. The van der Waals surface area contributed by atoms with Crippen LogP contribution in [0.25, 0.3) is 0 Å².